The Morgan fingerprint density at radius 2 is 2.00 bits per heavy atom. The van der Waals surface area contributed by atoms with Crippen LogP contribution in [0, 0.1) is 0 Å². The Labute approximate surface area is 144 Å². The summed E-state index contributed by atoms with van der Waals surface area (Å²) in [6.45, 7) is 7.91. The summed E-state index contributed by atoms with van der Waals surface area (Å²) in [5, 5.41) is 1.99. The van der Waals surface area contributed by atoms with Crippen molar-refractivity contribution in [3.05, 3.63) is 40.0 Å². The van der Waals surface area contributed by atoms with Crippen LogP contribution in [-0.4, -0.2) is 14.3 Å². The maximum absolute atomic E-state index is 12.4. The van der Waals surface area contributed by atoms with Crippen LogP contribution in [0.2, 0.25) is 10.2 Å². The molecule has 22 heavy (non-hydrogen) atoms. The van der Waals surface area contributed by atoms with Crippen molar-refractivity contribution in [2.45, 2.75) is 44.9 Å². The molecular formula is C16H20Cl2N2OS. The molecule has 0 aliphatic rings. The highest BCUT2D eigenvalue weighted by molar-refractivity contribution is 7.90. The number of hydrogen-bond acceptors (Lipinski definition) is 3. The van der Waals surface area contributed by atoms with E-state index in [1.807, 2.05) is 45.9 Å². The van der Waals surface area contributed by atoms with Gasteiger partial charge >= 0.3 is 0 Å². The van der Waals surface area contributed by atoms with Crippen LogP contribution in [0.25, 0.3) is 10.9 Å². The molecule has 1 heterocycles. The Hall–Kier alpha value is -0.520. The van der Waals surface area contributed by atoms with Crippen LogP contribution in [0.3, 0.4) is 0 Å². The van der Waals surface area contributed by atoms with Gasteiger partial charge < -0.3 is 4.55 Å². The van der Waals surface area contributed by atoms with Crippen LogP contribution in [0.15, 0.2) is 24.3 Å². The van der Waals surface area contributed by atoms with Crippen LogP contribution in [0.5, 0.6) is 0 Å². The molecule has 0 amide bonds. The normalized spacial score (nSPS) is 15.0. The first-order valence-electron chi connectivity index (χ1n) is 7.18. The lowest BCUT2D eigenvalue weighted by Crippen LogP contribution is -2.42. The number of pyridine rings is 1. The Balaban J connectivity index is 2.31. The third-order valence-corrected chi connectivity index (χ3v) is 6.26. The van der Waals surface area contributed by atoms with E-state index in [1.54, 1.807) is 6.07 Å². The minimum atomic E-state index is -1.17. The summed E-state index contributed by atoms with van der Waals surface area (Å²) in [7, 11) is 0. The number of nitrogens with zero attached hydrogens (tertiary/aromatic N) is 1. The molecule has 1 aromatic heterocycles. The van der Waals surface area contributed by atoms with Crippen molar-refractivity contribution in [3.63, 3.8) is 0 Å². The van der Waals surface area contributed by atoms with E-state index in [0.29, 0.717) is 10.2 Å². The van der Waals surface area contributed by atoms with Gasteiger partial charge in [-0.15, -0.1) is 4.72 Å². The van der Waals surface area contributed by atoms with Gasteiger partial charge in [-0.05, 0) is 51.5 Å². The maximum Gasteiger partial charge on any atom is 0.139 e. The zero-order valence-electron chi connectivity index (χ0n) is 13.1. The van der Waals surface area contributed by atoms with E-state index in [4.69, 9.17) is 23.2 Å². The summed E-state index contributed by atoms with van der Waals surface area (Å²) in [5.41, 5.74) is 1.61. The summed E-state index contributed by atoms with van der Waals surface area (Å²) in [4.78, 5) is 4.40. The molecule has 3 nitrogen and oxygen atoms in total. The first-order chi connectivity index (χ1) is 10.2. The number of hydrogen-bond donors (Lipinski definition) is 1. The molecule has 1 aromatic carbocycles. The highest BCUT2D eigenvalue weighted by Crippen LogP contribution is 2.29. The summed E-state index contributed by atoms with van der Waals surface area (Å²) >= 11 is 11.1. The van der Waals surface area contributed by atoms with E-state index in [1.165, 1.54) is 0 Å². The van der Waals surface area contributed by atoms with Crippen molar-refractivity contribution in [3.8, 4) is 0 Å². The van der Waals surface area contributed by atoms with Crippen molar-refractivity contribution in [1.82, 2.24) is 9.71 Å². The molecule has 2 rings (SSSR count). The average molecular weight is 359 g/mol. The molecule has 0 bridgehead atoms. The van der Waals surface area contributed by atoms with Crippen LogP contribution in [-0.2, 0) is 11.4 Å². The maximum atomic E-state index is 12.4. The average Bonchev–Trinajstić information content (AvgIpc) is 2.46. The van der Waals surface area contributed by atoms with E-state index in [2.05, 4.69) is 9.71 Å². The fraction of sp³-hybridized carbons (Fsp3) is 0.438. The van der Waals surface area contributed by atoms with Gasteiger partial charge in [-0.2, -0.15) is 0 Å². The molecule has 2 atom stereocenters. The van der Waals surface area contributed by atoms with Gasteiger partial charge in [0.1, 0.15) is 9.90 Å². The molecule has 0 saturated carbocycles. The predicted molar refractivity (Wildman–Crippen MR) is 95.8 cm³/mol. The molecule has 2 aromatic rings. The van der Waals surface area contributed by atoms with Gasteiger partial charge in [0, 0.05) is 27.3 Å². The van der Waals surface area contributed by atoms with Crippen LogP contribution < -0.4 is 4.72 Å². The Morgan fingerprint density at radius 3 is 2.64 bits per heavy atom. The highest BCUT2D eigenvalue weighted by Gasteiger charge is 2.32. The Bertz CT molecular complexity index is 678. The molecule has 120 valence electrons. The fourth-order valence-electron chi connectivity index (χ4n) is 1.96. The molecule has 0 saturated heterocycles. The third-order valence-electron chi connectivity index (χ3n) is 3.86. The SMILES string of the molecule is CCC(C)(C)[S+]([O-])N[C@@H](C)c1cc2cc(Cl)ccc2nc1Cl. The lowest BCUT2D eigenvalue weighted by molar-refractivity contribution is 0.512. The fourth-order valence-corrected chi connectivity index (χ4v) is 3.48. The largest absolute Gasteiger partial charge is 0.598 e. The van der Waals surface area contributed by atoms with Crippen molar-refractivity contribution < 1.29 is 4.55 Å². The first kappa shape index (κ1) is 17.8. The Kier molecular flexibility index (Phi) is 5.62. The number of halogens is 2. The van der Waals surface area contributed by atoms with Gasteiger partial charge in [0.15, 0.2) is 0 Å². The van der Waals surface area contributed by atoms with Crippen molar-refractivity contribution in [1.29, 1.82) is 0 Å². The molecule has 0 fully saturated rings. The van der Waals surface area contributed by atoms with Crippen LogP contribution in [0.4, 0.5) is 0 Å². The van der Waals surface area contributed by atoms with Crippen LogP contribution >= 0.6 is 23.2 Å². The monoisotopic (exact) mass is 358 g/mol. The molecule has 6 heteroatoms. The van der Waals surface area contributed by atoms with Crippen molar-refractivity contribution in [2.75, 3.05) is 0 Å². The van der Waals surface area contributed by atoms with E-state index in [-0.39, 0.29) is 10.8 Å². The number of nitrogens with one attached hydrogen (secondary N) is 1. The second kappa shape index (κ2) is 6.93. The molecule has 0 radical (unpaired) electrons. The van der Waals surface area contributed by atoms with E-state index < -0.39 is 11.4 Å². The predicted octanol–water partition coefficient (Wildman–Crippen LogP) is 5.04. The quantitative estimate of drug-likeness (QED) is 0.601. The lowest BCUT2D eigenvalue weighted by atomic mass is 10.1. The third kappa shape index (κ3) is 3.87. The van der Waals surface area contributed by atoms with E-state index >= 15 is 0 Å². The molecular weight excluding hydrogens is 339 g/mol. The molecule has 0 spiro atoms. The smallest absolute Gasteiger partial charge is 0.139 e. The van der Waals surface area contributed by atoms with Gasteiger partial charge in [-0.1, -0.05) is 30.1 Å². The number of benzene rings is 1. The molecule has 0 aliphatic heterocycles. The minimum absolute atomic E-state index is 0.171. The topological polar surface area (TPSA) is 48.0 Å². The standard InChI is InChI=1S/C16H20Cl2N2OS/c1-5-16(3,4)22(21)20-10(2)13-9-11-8-12(17)6-7-14(11)19-15(13)18/h6-10,20H,5H2,1-4H3/t10-,22?/m0/s1. The lowest BCUT2D eigenvalue weighted by Gasteiger charge is -2.29. The summed E-state index contributed by atoms with van der Waals surface area (Å²) in [5.74, 6) is 0. The number of rotatable bonds is 5. The highest BCUT2D eigenvalue weighted by atomic mass is 35.5. The van der Waals surface area contributed by atoms with E-state index in [9.17, 15) is 4.55 Å². The number of fused-ring (bicyclic) bond motifs is 1. The van der Waals surface area contributed by atoms with Gasteiger partial charge in [0.25, 0.3) is 0 Å². The molecule has 1 N–H and O–H groups in total. The number of aromatic nitrogens is 1. The zero-order chi connectivity index (χ0) is 16.5. The van der Waals surface area contributed by atoms with Crippen LogP contribution in [0.1, 0.15) is 45.7 Å². The van der Waals surface area contributed by atoms with Gasteiger partial charge in [0.05, 0.1) is 11.6 Å². The molecule has 0 aliphatic carbocycles. The van der Waals surface area contributed by atoms with Gasteiger partial charge in [0.2, 0.25) is 0 Å². The summed E-state index contributed by atoms with van der Waals surface area (Å²) in [6.07, 6.45) is 0.818. The van der Waals surface area contributed by atoms with Gasteiger partial charge in [-0.3, -0.25) is 0 Å². The van der Waals surface area contributed by atoms with E-state index in [0.717, 1.165) is 22.9 Å². The minimum Gasteiger partial charge on any atom is -0.598 e. The second-order valence-corrected chi connectivity index (χ2v) is 8.60. The zero-order valence-corrected chi connectivity index (χ0v) is 15.4. The van der Waals surface area contributed by atoms with Crippen molar-refractivity contribution >= 4 is 45.5 Å². The van der Waals surface area contributed by atoms with Crippen molar-refractivity contribution in [2.24, 2.45) is 0 Å². The summed E-state index contributed by atoms with van der Waals surface area (Å²) in [6, 6.07) is 7.25. The van der Waals surface area contributed by atoms with Gasteiger partial charge in [-0.25, -0.2) is 4.98 Å². The summed E-state index contributed by atoms with van der Waals surface area (Å²) < 4.78 is 15.2. The first-order valence-corrected chi connectivity index (χ1v) is 9.09. The second-order valence-electron chi connectivity index (χ2n) is 5.93. The molecule has 1 unspecified atom stereocenters. The Morgan fingerprint density at radius 1 is 1.32 bits per heavy atom.